The number of hydrogen-bond donors (Lipinski definition) is 3. The van der Waals surface area contributed by atoms with E-state index in [4.69, 9.17) is 24.3 Å². The summed E-state index contributed by atoms with van der Waals surface area (Å²) in [7, 11) is -4.32. The molecule has 0 bridgehead atoms. The van der Waals surface area contributed by atoms with Crippen molar-refractivity contribution in [3.8, 4) is 0 Å². The van der Waals surface area contributed by atoms with Gasteiger partial charge in [-0.25, -0.2) is 4.57 Å². The highest BCUT2D eigenvalue weighted by Gasteiger charge is 2.25. The van der Waals surface area contributed by atoms with E-state index < -0.39 is 26.0 Å². The normalized spacial score (nSPS) is 14.9. The zero-order chi connectivity index (χ0) is 37.5. The van der Waals surface area contributed by atoms with Crippen molar-refractivity contribution in [2.45, 2.75) is 154 Å². The van der Waals surface area contributed by atoms with Gasteiger partial charge in [-0.1, -0.05) is 145 Å². The van der Waals surface area contributed by atoms with Gasteiger partial charge in [-0.05, 0) is 57.4 Å². The molecule has 0 spiro atoms. The van der Waals surface area contributed by atoms with Crippen LogP contribution in [0.25, 0.3) is 0 Å². The van der Waals surface area contributed by atoms with Gasteiger partial charge in [0.25, 0.3) is 0 Å². The smallest absolute Gasteiger partial charge is 0.472 e. The van der Waals surface area contributed by atoms with Crippen molar-refractivity contribution >= 4 is 13.8 Å². The second-order valence-corrected chi connectivity index (χ2v) is 14.1. The number of carbonyl (C=O) groups excluding carboxylic acids is 1. The van der Waals surface area contributed by atoms with Crippen LogP contribution in [0.15, 0.2) is 73.1 Å². The number of carbonyl (C=O) groups is 1. The van der Waals surface area contributed by atoms with Crippen molar-refractivity contribution in [3.63, 3.8) is 0 Å². The topological polar surface area (TPSA) is 138 Å². The molecule has 0 aromatic rings. The summed E-state index contributed by atoms with van der Waals surface area (Å²) in [5.41, 5.74) is 5.34. The van der Waals surface area contributed by atoms with Gasteiger partial charge >= 0.3 is 13.8 Å². The first-order valence-corrected chi connectivity index (χ1v) is 21.1. The zero-order valence-corrected chi connectivity index (χ0v) is 32.8. The highest BCUT2D eigenvalue weighted by molar-refractivity contribution is 7.47. The fourth-order valence-electron chi connectivity index (χ4n) is 4.90. The molecule has 2 unspecified atom stereocenters. The monoisotopic (exact) mass is 737 g/mol. The van der Waals surface area contributed by atoms with Crippen molar-refractivity contribution in [2.75, 3.05) is 26.4 Å². The Bertz CT molecular complexity index is 1020. The van der Waals surface area contributed by atoms with Crippen molar-refractivity contribution < 1.29 is 37.9 Å². The zero-order valence-electron chi connectivity index (χ0n) is 31.9. The van der Waals surface area contributed by atoms with Crippen molar-refractivity contribution in [1.29, 1.82) is 0 Å². The molecule has 4 N–H and O–H groups in total. The Balaban J connectivity index is 4.34. The molecule has 0 saturated heterocycles. The average Bonchev–Trinajstić information content (AvgIpc) is 3.11. The number of hydrogen-bond acceptors (Lipinski definition) is 8. The molecule has 10 heteroatoms. The molecule has 0 aromatic heterocycles. The van der Waals surface area contributed by atoms with Gasteiger partial charge in [0.2, 0.25) is 0 Å². The lowest BCUT2D eigenvalue weighted by molar-refractivity contribution is -0.153. The third-order valence-corrected chi connectivity index (χ3v) is 8.77. The summed E-state index contributed by atoms with van der Waals surface area (Å²) in [5, 5.41) is 10.00. The molecule has 9 nitrogen and oxygen atoms in total. The average molecular weight is 738 g/mol. The molecule has 51 heavy (non-hydrogen) atoms. The fraction of sp³-hybridized carbons (Fsp3) is 0.683. The SMILES string of the molecule is CC/C=C\C/C=C\CC(O)/C=C/C=C\C/C=C\CCCC(=O)O[C@H](CO/C=C/CCCCCCCCCCCCCC)COP(=O)(O)OCCN. The van der Waals surface area contributed by atoms with E-state index in [-0.39, 0.29) is 32.8 Å². The molecule has 0 heterocycles. The van der Waals surface area contributed by atoms with Crippen LogP contribution in [0.4, 0.5) is 0 Å². The number of unbranched alkanes of at least 4 members (excludes halogenated alkanes) is 13. The van der Waals surface area contributed by atoms with E-state index in [1.165, 1.54) is 70.6 Å². The van der Waals surface area contributed by atoms with Crippen LogP contribution in [0.5, 0.6) is 0 Å². The van der Waals surface area contributed by atoms with Gasteiger partial charge in [0.1, 0.15) is 6.61 Å². The van der Waals surface area contributed by atoms with Crippen LogP contribution in [-0.2, 0) is 27.9 Å². The molecule has 294 valence electrons. The third kappa shape index (κ3) is 37.3. The summed E-state index contributed by atoms with van der Waals surface area (Å²) in [4.78, 5) is 22.4. The molecule has 0 aliphatic rings. The first-order chi connectivity index (χ1) is 24.8. The summed E-state index contributed by atoms with van der Waals surface area (Å²) < 4.78 is 33.0. The molecule has 0 aliphatic carbocycles. The molecule has 0 amide bonds. The Kier molecular flexibility index (Phi) is 35.8. The quantitative estimate of drug-likeness (QED) is 0.0143. The van der Waals surface area contributed by atoms with Gasteiger partial charge in [-0.2, -0.15) is 0 Å². The maximum absolute atomic E-state index is 12.5. The van der Waals surface area contributed by atoms with Gasteiger partial charge in [0.15, 0.2) is 6.10 Å². The van der Waals surface area contributed by atoms with Gasteiger partial charge < -0.3 is 25.2 Å². The van der Waals surface area contributed by atoms with Crippen LogP contribution in [0.2, 0.25) is 0 Å². The van der Waals surface area contributed by atoms with Crippen LogP contribution < -0.4 is 5.73 Å². The van der Waals surface area contributed by atoms with Crippen molar-refractivity contribution in [2.24, 2.45) is 5.73 Å². The summed E-state index contributed by atoms with van der Waals surface area (Å²) in [6, 6.07) is 0. The first kappa shape index (κ1) is 48.7. The predicted octanol–water partition coefficient (Wildman–Crippen LogP) is 10.5. The van der Waals surface area contributed by atoms with E-state index in [0.717, 1.165) is 32.1 Å². The molecule has 0 fully saturated rings. The number of aliphatic hydroxyl groups is 1. The van der Waals surface area contributed by atoms with Crippen LogP contribution >= 0.6 is 7.82 Å². The Morgan fingerprint density at radius 1 is 0.725 bits per heavy atom. The highest BCUT2D eigenvalue weighted by Crippen LogP contribution is 2.43. The third-order valence-electron chi connectivity index (χ3n) is 7.78. The largest absolute Gasteiger partial charge is 0.498 e. The van der Waals surface area contributed by atoms with Crippen LogP contribution in [0.3, 0.4) is 0 Å². The number of nitrogens with two attached hydrogens (primary N) is 1. The second-order valence-electron chi connectivity index (χ2n) is 12.7. The molecule has 0 aromatic carbocycles. The summed E-state index contributed by atoms with van der Waals surface area (Å²) in [6.45, 7) is 3.94. The van der Waals surface area contributed by atoms with E-state index in [1.54, 1.807) is 12.3 Å². The Morgan fingerprint density at radius 3 is 2.04 bits per heavy atom. The van der Waals surface area contributed by atoms with Crippen molar-refractivity contribution in [3.05, 3.63) is 73.1 Å². The summed E-state index contributed by atoms with van der Waals surface area (Å²) in [6.07, 6.45) is 43.3. The lowest BCUT2D eigenvalue weighted by Gasteiger charge is -2.19. The Morgan fingerprint density at radius 2 is 1.35 bits per heavy atom. The Labute approximate surface area is 310 Å². The lowest BCUT2D eigenvalue weighted by Crippen LogP contribution is -2.27. The van der Waals surface area contributed by atoms with Crippen LogP contribution in [0, 0.1) is 0 Å². The fourth-order valence-corrected chi connectivity index (χ4v) is 5.67. The van der Waals surface area contributed by atoms with Crippen LogP contribution in [0.1, 0.15) is 142 Å². The minimum Gasteiger partial charge on any atom is -0.498 e. The van der Waals surface area contributed by atoms with E-state index in [9.17, 15) is 19.4 Å². The standard InChI is InChI=1S/C41H72NO8P/c1-3-5-7-9-11-12-13-14-15-16-19-22-26-30-35-47-37-40(38-49-51(45,46)48-36-34-42)50-41(44)33-29-25-21-18-17-20-24-28-32-39(43)31-27-23-10-8-6-4-2/h6,8,18,20-21,23-24,27-28,30,32,35,39-40,43H,3-5,7,9-17,19,22,25-26,29,31,33-34,36-38,42H2,1-2H3,(H,45,46)/b8-6-,21-18-,24-20-,27-23-,32-28+,35-30+/t39?,40-/m1/s1. The predicted molar refractivity (Wildman–Crippen MR) is 211 cm³/mol. The lowest BCUT2D eigenvalue weighted by atomic mass is 10.0. The molecule has 3 atom stereocenters. The van der Waals surface area contributed by atoms with E-state index >= 15 is 0 Å². The number of ether oxygens (including phenoxy) is 2. The Hall–Kier alpha value is -2.26. The molecular weight excluding hydrogens is 665 g/mol. The molecule has 0 saturated carbocycles. The first-order valence-electron chi connectivity index (χ1n) is 19.6. The highest BCUT2D eigenvalue weighted by atomic mass is 31.2. The van der Waals surface area contributed by atoms with E-state index in [0.29, 0.717) is 19.3 Å². The van der Waals surface area contributed by atoms with Gasteiger partial charge in [-0.15, -0.1) is 0 Å². The minimum atomic E-state index is -4.32. The van der Waals surface area contributed by atoms with Crippen molar-refractivity contribution in [1.82, 2.24) is 0 Å². The number of rotatable bonds is 36. The maximum atomic E-state index is 12.5. The molecule has 0 rings (SSSR count). The number of aliphatic hydroxyl groups excluding tert-OH is 1. The maximum Gasteiger partial charge on any atom is 0.472 e. The second kappa shape index (κ2) is 37.5. The van der Waals surface area contributed by atoms with E-state index in [2.05, 4.69) is 32.1 Å². The number of phosphoric ester groups is 1. The minimum absolute atomic E-state index is 0.0113. The van der Waals surface area contributed by atoms with E-state index in [1.807, 2.05) is 42.5 Å². The summed E-state index contributed by atoms with van der Waals surface area (Å²) in [5.74, 6) is -0.437. The molecule has 0 aliphatic heterocycles. The van der Waals surface area contributed by atoms with Gasteiger partial charge in [0, 0.05) is 13.0 Å². The van der Waals surface area contributed by atoms with Gasteiger partial charge in [-0.3, -0.25) is 13.8 Å². The number of phosphoric acid groups is 1. The summed E-state index contributed by atoms with van der Waals surface area (Å²) >= 11 is 0. The van der Waals surface area contributed by atoms with Crippen LogP contribution in [-0.4, -0.2) is 54.5 Å². The molecule has 0 radical (unpaired) electrons. The number of esters is 1. The number of allylic oxidation sites excluding steroid dienone is 9. The molecular formula is C41H72NO8P. The van der Waals surface area contributed by atoms with Gasteiger partial charge in [0.05, 0.1) is 25.6 Å².